The molecule has 10 nitrogen and oxygen atoms in total. The van der Waals surface area contributed by atoms with Crippen LogP contribution >= 0.6 is 0 Å². The highest BCUT2D eigenvalue weighted by molar-refractivity contribution is 7.89. The van der Waals surface area contributed by atoms with E-state index >= 15 is 0 Å². The van der Waals surface area contributed by atoms with Crippen molar-refractivity contribution in [3.63, 3.8) is 0 Å². The van der Waals surface area contributed by atoms with Gasteiger partial charge >= 0.3 is 0 Å². The molecular formula is C22H31N5O5S. The molecule has 0 bridgehead atoms. The molecule has 2 fully saturated rings. The van der Waals surface area contributed by atoms with E-state index < -0.39 is 10.0 Å². The summed E-state index contributed by atoms with van der Waals surface area (Å²) >= 11 is 0. The summed E-state index contributed by atoms with van der Waals surface area (Å²) in [6.45, 7) is 9.23. The van der Waals surface area contributed by atoms with E-state index in [1.165, 1.54) is 4.31 Å². The predicted molar refractivity (Wildman–Crippen MR) is 125 cm³/mol. The molecule has 0 N–H and O–H groups in total. The highest BCUT2D eigenvalue weighted by atomic mass is 32.2. The summed E-state index contributed by atoms with van der Waals surface area (Å²) in [4.78, 5) is 13.5. The number of nitrogens with zero attached hydrogens (tertiary/aromatic N) is 5. The quantitative estimate of drug-likeness (QED) is 0.562. The van der Waals surface area contributed by atoms with Crippen molar-refractivity contribution in [3.8, 4) is 11.5 Å². The van der Waals surface area contributed by atoms with Crippen LogP contribution in [0.5, 0.6) is 11.5 Å². The van der Waals surface area contributed by atoms with E-state index in [-0.39, 0.29) is 4.90 Å². The van der Waals surface area contributed by atoms with Gasteiger partial charge in [-0.05, 0) is 32.0 Å². The number of piperazine rings is 1. The van der Waals surface area contributed by atoms with Crippen LogP contribution in [0.25, 0.3) is 0 Å². The van der Waals surface area contributed by atoms with Crippen LogP contribution in [-0.4, -0.2) is 88.4 Å². The predicted octanol–water partition coefficient (Wildman–Crippen LogP) is 1.62. The molecule has 2 aliphatic rings. The van der Waals surface area contributed by atoms with Crippen molar-refractivity contribution in [1.82, 2.24) is 14.3 Å². The second-order valence-electron chi connectivity index (χ2n) is 7.68. The lowest BCUT2D eigenvalue weighted by molar-refractivity contribution is 0.122. The van der Waals surface area contributed by atoms with Crippen LogP contribution in [0.1, 0.15) is 13.8 Å². The molecule has 0 amide bonds. The highest BCUT2D eigenvalue weighted by Gasteiger charge is 2.31. The van der Waals surface area contributed by atoms with Crippen molar-refractivity contribution in [2.24, 2.45) is 0 Å². The summed E-state index contributed by atoms with van der Waals surface area (Å²) in [6.07, 6.45) is 1.75. The Morgan fingerprint density at radius 1 is 0.939 bits per heavy atom. The summed E-state index contributed by atoms with van der Waals surface area (Å²) in [5.41, 5.74) is 0. The Morgan fingerprint density at radius 2 is 1.67 bits per heavy atom. The van der Waals surface area contributed by atoms with Gasteiger partial charge < -0.3 is 24.0 Å². The van der Waals surface area contributed by atoms with Crippen LogP contribution < -0.4 is 19.3 Å². The minimum Gasteiger partial charge on any atom is -0.494 e. The molecule has 0 unspecified atom stereocenters. The fraction of sp³-hybridized carbons (Fsp3) is 0.545. The van der Waals surface area contributed by atoms with E-state index in [4.69, 9.17) is 19.2 Å². The topological polar surface area (TPSA) is 97.3 Å². The monoisotopic (exact) mass is 477 g/mol. The van der Waals surface area contributed by atoms with E-state index in [0.717, 1.165) is 18.9 Å². The van der Waals surface area contributed by atoms with Crippen molar-refractivity contribution in [3.05, 3.63) is 30.5 Å². The van der Waals surface area contributed by atoms with E-state index in [9.17, 15) is 8.42 Å². The van der Waals surface area contributed by atoms with Gasteiger partial charge in [-0.3, -0.25) is 0 Å². The molecule has 1 aromatic heterocycles. The van der Waals surface area contributed by atoms with Gasteiger partial charge in [-0.2, -0.15) is 9.29 Å². The zero-order valence-corrected chi connectivity index (χ0v) is 20.0. The van der Waals surface area contributed by atoms with Crippen molar-refractivity contribution < 1.29 is 22.6 Å². The lowest BCUT2D eigenvalue weighted by Gasteiger charge is -2.35. The van der Waals surface area contributed by atoms with E-state index in [1.54, 1.807) is 24.4 Å². The van der Waals surface area contributed by atoms with Gasteiger partial charge in [0.25, 0.3) is 0 Å². The lowest BCUT2D eigenvalue weighted by atomic mass is 10.3. The molecule has 2 aromatic rings. The average Bonchev–Trinajstić information content (AvgIpc) is 2.85. The van der Waals surface area contributed by atoms with Gasteiger partial charge in [-0.15, -0.1) is 0 Å². The molecule has 3 heterocycles. The SMILES string of the molecule is CCOc1ccc(S(=O)(=O)N2CCN(c3ccnc(N4CCOCC4)n3)CC2)c(OCC)c1. The fourth-order valence-corrected chi connectivity index (χ4v) is 5.49. The molecular weight excluding hydrogens is 446 g/mol. The number of benzene rings is 1. The Labute approximate surface area is 195 Å². The maximum absolute atomic E-state index is 13.4. The third-order valence-corrected chi connectivity index (χ3v) is 7.57. The molecule has 33 heavy (non-hydrogen) atoms. The van der Waals surface area contributed by atoms with Gasteiger partial charge in [0, 0.05) is 51.5 Å². The summed E-state index contributed by atoms with van der Waals surface area (Å²) in [6, 6.07) is 6.75. The molecule has 1 aromatic carbocycles. The maximum atomic E-state index is 13.4. The number of hydrogen-bond donors (Lipinski definition) is 0. The first-order valence-corrected chi connectivity index (χ1v) is 12.8. The smallest absolute Gasteiger partial charge is 0.246 e. The molecule has 4 rings (SSSR count). The number of morpholine rings is 1. The van der Waals surface area contributed by atoms with Gasteiger partial charge in [0.15, 0.2) is 0 Å². The van der Waals surface area contributed by atoms with E-state index in [2.05, 4.69) is 14.8 Å². The second-order valence-corrected chi connectivity index (χ2v) is 9.59. The van der Waals surface area contributed by atoms with E-state index in [1.807, 2.05) is 19.9 Å². The molecule has 0 radical (unpaired) electrons. The normalized spacial score (nSPS) is 17.8. The first kappa shape index (κ1) is 23.5. The summed E-state index contributed by atoms with van der Waals surface area (Å²) in [7, 11) is -3.71. The van der Waals surface area contributed by atoms with Crippen LogP contribution in [0.4, 0.5) is 11.8 Å². The molecule has 0 saturated carbocycles. The molecule has 0 aliphatic carbocycles. The second kappa shape index (κ2) is 10.5. The van der Waals surface area contributed by atoms with Crippen LogP contribution in [0.2, 0.25) is 0 Å². The lowest BCUT2D eigenvalue weighted by Crippen LogP contribution is -2.49. The zero-order valence-electron chi connectivity index (χ0n) is 19.1. The van der Waals surface area contributed by atoms with Crippen molar-refractivity contribution in [2.75, 3.05) is 75.5 Å². The average molecular weight is 478 g/mol. The van der Waals surface area contributed by atoms with Crippen molar-refractivity contribution >= 4 is 21.8 Å². The van der Waals surface area contributed by atoms with Gasteiger partial charge in [0.1, 0.15) is 22.2 Å². The largest absolute Gasteiger partial charge is 0.494 e. The highest BCUT2D eigenvalue weighted by Crippen LogP contribution is 2.32. The zero-order chi connectivity index (χ0) is 23.3. The summed E-state index contributed by atoms with van der Waals surface area (Å²) in [5, 5.41) is 0. The number of anilines is 2. The van der Waals surface area contributed by atoms with Crippen molar-refractivity contribution in [1.29, 1.82) is 0 Å². The number of rotatable bonds is 8. The number of aromatic nitrogens is 2. The summed E-state index contributed by atoms with van der Waals surface area (Å²) < 4.78 is 44.8. The number of ether oxygens (including phenoxy) is 3. The molecule has 180 valence electrons. The van der Waals surface area contributed by atoms with Gasteiger partial charge in [-0.1, -0.05) is 0 Å². The van der Waals surface area contributed by atoms with Gasteiger partial charge in [-0.25, -0.2) is 13.4 Å². The van der Waals surface area contributed by atoms with Crippen LogP contribution in [-0.2, 0) is 14.8 Å². The molecule has 0 atom stereocenters. The minimum atomic E-state index is -3.71. The number of sulfonamides is 1. The Kier molecular flexibility index (Phi) is 7.51. The third kappa shape index (κ3) is 5.31. The van der Waals surface area contributed by atoms with Crippen molar-refractivity contribution in [2.45, 2.75) is 18.7 Å². The fourth-order valence-electron chi connectivity index (χ4n) is 3.95. The van der Waals surface area contributed by atoms with E-state index in [0.29, 0.717) is 70.1 Å². The molecule has 0 spiro atoms. The first-order valence-electron chi connectivity index (χ1n) is 11.3. The van der Waals surface area contributed by atoms with Crippen LogP contribution in [0.3, 0.4) is 0 Å². The third-order valence-electron chi connectivity index (χ3n) is 5.63. The standard InChI is InChI=1S/C22H31N5O5S/c1-3-31-18-5-6-20(19(17-18)32-4-2)33(28,29)27-11-9-25(10-12-27)21-7-8-23-22(24-21)26-13-15-30-16-14-26/h5-8,17H,3-4,9-16H2,1-2H3. The molecule has 11 heteroatoms. The molecule has 2 saturated heterocycles. The van der Waals surface area contributed by atoms with Gasteiger partial charge in [0.05, 0.1) is 26.4 Å². The Balaban J connectivity index is 1.46. The first-order chi connectivity index (χ1) is 16.0. The van der Waals surface area contributed by atoms with Crippen LogP contribution in [0, 0.1) is 0 Å². The summed E-state index contributed by atoms with van der Waals surface area (Å²) in [5.74, 6) is 2.39. The maximum Gasteiger partial charge on any atom is 0.246 e. The Morgan fingerprint density at radius 3 is 2.36 bits per heavy atom. The molecule has 2 aliphatic heterocycles. The Bertz CT molecular complexity index is 1040. The Hall–Kier alpha value is -2.63. The van der Waals surface area contributed by atoms with Gasteiger partial charge in [0.2, 0.25) is 16.0 Å². The van der Waals surface area contributed by atoms with Crippen LogP contribution in [0.15, 0.2) is 35.4 Å². The minimum absolute atomic E-state index is 0.165. The number of hydrogen-bond acceptors (Lipinski definition) is 9.